The van der Waals surface area contributed by atoms with Crippen LogP contribution in [-0.2, 0) is 0 Å². The van der Waals surface area contributed by atoms with Gasteiger partial charge in [0.1, 0.15) is 0 Å². The van der Waals surface area contributed by atoms with Gasteiger partial charge in [-0.25, -0.2) is 0 Å². The summed E-state index contributed by atoms with van der Waals surface area (Å²) in [6.45, 7) is 4.10. The van der Waals surface area contributed by atoms with Gasteiger partial charge in [-0.15, -0.1) is 0 Å². The fraction of sp³-hybridized carbons (Fsp3) is 0.200. The van der Waals surface area contributed by atoms with Crippen LogP contribution >= 0.6 is 59.4 Å². The second kappa shape index (κ2) is 6.30. The van der Waals surface area contributed by atoms with Gasteiger partial charge in [-0.2, -0.15) is 0 Å². The second-order valence-electron chi connectivity index (χ2n) is 4.49. The summed E-state index contributed by atoms with van der Waals surface area (Å²) < 4.78 is 2.21. The number of halogens is 4. The molecule has 0 saturated carbocycles. The van der Waals surface area contributed by atoms with Gasteiger partial charge in [0.15, 0.2) is 0 Å². The van der Waals surface area contributed by atoms with E-state index in [-0.39, 0.29) is 4.83 Å². The van der Waals surface area contributed by atoms with Gasteiger partial charge in [0.2, 0.25) is 0 Å². The topological polar surface area (TPSA) is 0 Å². The number of benzene rings is 2. The number of alkyl halides is 1. The lowest BCUT2D eigenvalue weighted by Gasteiger charge is -2.15. The molecule has 0 aliphatic heterocycles. The van der Waals surface area contributed by atoms with E-state index in [0.29, 0.717) is 0 Å². The standard InChI is InChI=1S/C15H12Br3Cl/c1-8-6-13(17)11(7-12(8)16)15(18)10-3-4-14(19)9(2)5-10/h3-7,15H,1-2H3. The normalized spacial score (nSPS) is 12.5. The van der Waals surface area contributed by atoms with Crippen LogP contribution in [0.15, 0.2) is 39.3 Å². The first-order valence-corrected chi connectivity index (χ1v) is 8.63. The molecule has 0 aromatic heterocycles. The average molecular weight is 467 g/mol. The van der Waals surface area contributed by atoms with Crippen LogP contribution in [0.5, 0.6) is 0 Å². The lowest BCUT2D eigenvalue weighted by atomic mass is 10.0. The van der Waals surface area contributed by atoms with E-state index in [0.717, 1.165) is 19.5 Å². The largest absolute Gasteiger partial charge is 0.0841 e. The van der Waals surface area contributed by atoms with E-state index >= 15 is 0 Å². The molecule has 0 bridgehead atoms. The van der Waals surface area contributed by atoms with Crippen LogP contribution in [-0.4, -0.2) is 0 Å². The third kappa shape index (κ3) is 3.44. The van der Waals surface area contributed by atoms with Gasteiger partial charge >= 0.3 is 0 Å². The number of aryl methyl sites for hydroxylation is 2. The fourth-order valence-corrected chi connectivity index (χ4v) is 4.00. The van der Waals surface area contributed by atoms with E-state index < -0.39 is 0 Å². The zero-order valence-electron chi connectivity index (χ0n) is 10.5. The second-order valence-corrected chi connectivity index (χ2v) is 7.53. The highest BCUT2D eigenvalue weighted by molar-refractivity contribution is 9.11. The molecule has 4 heteroatoms. The van der Waals surface area contributed by atoms with Gasteiger partial charge in [-0.05, 0) is 54.3 Å². The minimum Gasteiger partial charge on any atom is -0.0841 e. The molecule has 0 spiro atoms. The quantitative estimate of drug-likeness (QED) is 0.419. The minimum atomic E-state index is 0.134. The van der Waals surface area contributed by atoms with E-state index in [1.54, 1.807) is 0 Å². The number of rotatable bonds is 2. The molecule has 0 aliphatic rings. The molecule has 2 aromatic rings. The van der Waals surface area contributed by atoms with Crippen molar-refractivity contribution in [3.63, 3.8) is 0 Å². The van der Waals surface area contributed by atoms with Gasteiger partial charge < -0.3 is 0 Å². The maximum Gasteiger partial charge on any atom is 0.0656 e. The summed E-state index contributed by atoms with van der Waals surface area (Å²) in [7, 11) is 0. The average Bonchev–Trinajstić information content (AvgIpc) is 2.36. The van der Waals surface area contributed by atoms with Crippen molar-refractivity contribution in [1.29, 1.82) is 0 Å². The summed E-state index contributed by atoms with van der Waals surface area (Å²) in [5.41, 5.74) is 4.69. The molecule has 0 aliphatic carbocycles. The van der Waals surface area contributed by atoms with Crippen molar-refractivity contribution in [3.05, 3.63) is 66.6 Å². The van der Waals surface area contributed by atoms with E-state index in [1.807, 2.05) is 13.0 Å². The van der Waals surface area contributed by atoms with Gasteiger partial charge in [0.05, 0.1) is 4.83 Å². The van der Waals surface area contributed by atoms with E-state index in [4.69, 9.17) is 11.6 Å². The maximum atomic E-state index is 6.08. The Labute approximate surface area is 143 Å². The van der Waals surface area contributed by atoms with Crippen LogP contribution in [0.1, 0.15) is 27.1 Å². The predicted octanol–water partition coefficient (Wildman–Crippen LogP) is 6.97. The first kappa shape index (κ1) is 15.6. The Balaban J connectivity index is 2.46. The molecule has 0 saturated heterocycles. The minimum absolute atomic E-state index is 0.134. The molecular weight excluding hydrogens is 455 g/mol. The Hall–Kier alpha value is 0.170. The van der Waals surface area contributed by atoms with Gasteiger partial charge in [-0.1, -0.05) is 71.5 Å². The van der Waals surface area contributed by atoms with Crippen molar-refractivity contribution in [1.82, 2.24) is 0 Å². The molecule has 1 unspecified atom stereocenters. The van der Waals surface area contributed by atoms with Crippen molar-refractivity contribution < 1.29 is 0 Å². The lowest BCUT2D eigenvalue weighted by Crippen LogP contribution is -1.96. The van der Waals surface area contributed by atoms with Crippen LogP contribution in [0.25, 0.3) is 0 Å². The summed E-state index contributed by atoms with van der Waals surface area (Å²) in [5.74, 6) is 0. The Morgan fingerprint density at radius 1 is 0.947 bits per heavy atom. The zero-order valence-corrected chi connectivity index (χ0v) is 16.0. The van der Waals surface area contributed by atoms with Gasteiger partial charge in [0.25, 0.3) is 0 Å². The third-order valence-electron chi connectivity index (χ3n) is 3.03. The molecule has 0 heterocycles. The molecule has 2 rings (SSSR count). The highest BCUT2D eigenvalue weighted by Gasteiger charge is 2.15. The monoisotopic (exact) mass is 464 g/mol. The Kier molecular flexibility index (Phi) is 5.15. The fourth-order valence-electron chi connectivity index (χ4n) is 1.86. The summed E-state index contributed by atoms with van der Waals surface area (Å²) in [6.07, 6.45) is 0. The molecule has 0 nitrogen and oxygen atoms in total. The third-order valence-corrected chi connectivity index (χ3v) is 6.01. The smallest absolute Gasteiger partial charge is 0.0656 e. The molecule has 19 heavy (non-hydrogen) atoms. The molecule has 0 amide bonds. The molecule has 0 radical (unpaired) electrons. The van der Waals surface area contributed by atoms with Crippen LogP contribution < -0.4 is 0 Å². The highest BCUT2D eigenvalue weighted by Crippen LogP contribution is 2.38. The van der Waals surface area contributed by atoms with Crippen molar-refractivity contribution in [2.75, 3.05) is 0 Å². The van der Waals surface area contributed by atoms with Crippen LogP contribution in [0, 0.1) is 13.8 Å². The maximum absolute atomic E-state index is 6.08. The van der Waals surface area contributed by atoms with Crippen molar-refractivity contribution in [3.8, 4) is 0 Å². The molecule has 1 atom stereocenters. The zero-order chi connectivity index (χ0) is 14.2. The van der Waals surface area contributed by atoms with Crippen molar-refractivity contribution >= 4 is 59.4 Å². The molecule has 2 aromatic carbocycles. The van der Waals surface area contributed by atoms with Crippen LogP contribution in [0.2, 0.25) is 5.02 Å². The molecule has 0 N–H and O–H groups in total. The number of hydrogen-bond acceptors (Lipinski definition) is 0. The SMILES string of the molecule is Cc1cc(C(Br)c2cc(Br)c(C)cc2Br)ccc1Cl. The van der Waals surface area contributed by atoms with Gasteiger partial charge in [0, 0.05) is 14.0 Å². The number of hydrogen-bond donors (Lipinski definition) is 0. The van der Waals surface area contributed by atoms with Crippen molar-refractivity contribution in [2.24, 2.45) is 0 Å². The molecule has 100 valence electrons. The molecule has 0 fully saturated rings. The summed E-state index contributed by atoms with van der Waals surface area (Å²) in [4.78, 5) is 0.134. The molecular formula is C15H12Br3Cl. The van der Waals surface area contributed by atoms with E-state index in [2.05, 4.69) is 79.0 Å². The van der Waals surface area contributed by atoms with Crippen molar-refractivity contribution in [2.45, 2.75) is 18.7 Å². The Morgan fingerprint density at radius 2 is 1.63 bits per heavy atom. The van der Waals surface area contributed by atoms with Crippen LogP contribution in [0.3, 0.4) is 0 Å². The van der Waals surface area contributed by atoms with E-state index in [9.17, 15) is 0 Å². The highest BCUT2D eigenvalue weighted by atomic mass is 79.9. The summed E-state index contributed by atoms with van der Waals surface area (Å²) in [5, 5.41) is 0.799. The predicted molar refractivity (Wildman–Crippen MR) is 93.5 cm³/mol. The Bertz CT molecular complexity index is 623. The first-order valence-electron chi connectivity index (χ1n) is 5.76. The first-order chi connectivity index (χ1) is 8.90. The summed E-state index contributed by atoms with van der Waals surface area (Å²) >= 11 is 17.1. The van der Waals surface area contributed by atoms with E-state index in [1.165, 1.54) is 16.7 Å². The Morgan fingerprint density at radius 3 is 2.26 bits per heavy atom. The van der Waals surface area contributed by atoms with Crippen LogP contribution in [0.4, 0.5) is 0 Å². The lowest BCUT2D eigenvalue weighted by molar-refractivity contribution is 1.14. The summed E-state index contributed by atoms with van der Waals surface area (Å²) in [6, 6.07) is 10.4. The van der Waals surface area contributed by atoms with Gasteiger partial charge in [-0.3, -0.25) is 0 Å².